The number of nitrogens with zero attached hydrogens (tertiary/aromatic N) is 3. The van der Waals surface area contributed by atoms with E-state index in [0.717, 1.165) is 31.2 Å². The summed E-state index contributed by atoms with van der Waals surface area (Å²) < 4.78 is 0. The predicted molar refractivity (Wildman–Crippen MR) is 78.7 cm³/mol. The fraction of sp³-hybridized carbons (Fsp3) is 0.500. The molecule has 1 aliphatic rings. The Kier molecular flexibility index (Phi) is 4.92. The van der Waals surface area contributed by atoms with E-state index in [2.05, 4.69) is 22.1 Å². The molecule has 0 spiro atoms. The van der Waals surface area contributed by atoms with Gasteiger partial charge in [-0.25, -0.2) is 4.99 Å². The van der Waals surface area contributed by atoms with Gasteiger partial charge in [-0.3, -0.25) is 10.1 Å². The van der Waals surface area contributed by atoms with Crippen LogP contribution < -0.4 is 5.32 Å². The van der Waals surface area contributed by atoms with Gasteiger partial charge in [-0.1, -0.05) is 12.1 Å². The Hall–Kier alpha value is -2.11. The normalized spacial score (nSPS) is 15.4. The monoisotopic (exact) mass is 276 g/mol. The summed E-state index contributed by atoms with van der Waals surface area (Å²) in [6, 6.07) is 6.56. The first-order chi connectivity index (χ1) is 9.70. The Balaban J connectivity index is 2.02. The lowest BCUT2D eigenvalue weighted by Crippen LogP contribution is -2.39. The number of nitrogens with one attached hydrogen (secondary N) is 1. The van der Waals surface area contributed by atoms with Gasteiger partial charge in [-0.2, -0.15) is 0 Å². The third-order valence-corrected chi connectivity index (χ3v) is 3.30. The number of guanidine groups is 1. The summed E-state index contributed by atoms with van der Waals surface area (Å²) in [5.74, 6) is 0.934. The number of benzene rings is 1. The molecule has 20 heavy (non-hydrogen) atoms. The van der Waals surface area contributed by atoms with E-state index in [0.29, 0.717) is 6.54 Å². The molecule has 0 unspecified atom stereocenters. The molecule has 0 atom stereocenters. The molecule has 1 heterocycles. The molecule has 0 saturated carbocycles. The molecule has 1 saturated heterocycles. The topological polar surface area (TPSA) is 70.8 Å². The Bertz CT molecular complexity index is 478. The van der Waals surface area contributed by atoms with Crippen molar-refractivity contribution in [1.82, 2.24) is 10.2 Å². The van der Waals surface area contributed by atoms with Crippen LogP contribution in [0.2, 0.25) is 0 Å². The summed E-state index contributed by atoms with van der Waals surface area (Å²) in [6.45, 7) is 5.53. The van der Waals surface area contributed by atoms with Crippen LogP contribution in [0.5, 0.6) is 0 Å². The smallest absolute Gasteiger partial charge is 0.269 e. The average molecular weight is 276 g/mol. The molecule has 1 fully saturated rings. The van der Waals surface area contributed by atoms with Gasteiger partial charge < -0.3 is 10.2 Å². The second-order valence-corrected chi connectivity index (χ2v) is 4.79. The molecule has 2 rings (SSSR count). The Labute approximate surface area is 118 Å². The van der Waals surface area contributed by atoms with Crippen molar-refractivity contribution in [3.8, 4) is 0 Å². The predicted octanol–water partition coefficient (Wildman–Crippen LogP) is 2.16. The van der Waals surface area contributed by atoms with Gasteiger partial charge in [0.05, 0.1) is 11.5 Å². The number of aliphatic imine (C=N–C) groups is 1. The number of nitro benzene ring substituents is 1. The van der Waals surface area contributed by atoms with Crippen LogP contribution in [-0.4, -0.2) is 35.4 Å². The highest BCUT2D eigenvalue weighted by Crippen LogP contribution is 2.13. The Morgan fingerprint density at radius 2 is 2.00 bits per heavy atom. The molecule has 0 aliphatic carbocycles. The van der Waals surface area contributed by atoms with Gasteiger partial charge in [-0.15, -0.1) is 0 Å². The first kappa shape index (κ1) is 14.3. The number of nitro groups is 1. The maximum absolute atomic E-state index is 10.6. The lowest BCUT2D eigenvalue weighted by atomic mass is 10.2. The molecular formula is C14H20N4O2. The minimum Gasteiger partial charge on any atom is -0.357 e. The molecule has 108 valence electrons. The average Bonchev–Trinajstić information content (AvgIpc) is 2.98. The van der Waals surface area contributed by atoms with E-state index >= 15 is 0 Å². The summed E-state index contributed by atoms with van der Waals surface area (Å²) >= 11 is 0. The van der Waals surface area contributed by atoms with Crippen LogP contribution in [0.15, 0.2) is 29.3 Å². The van der Waals surface area contributed by atoms with Gasteiger partial charge in [0.2, 0.25) is 0 Å². The van der Waals surface area contributed by atoms with Gasteiger partial charge >= 0.3 is 0 Å². The van der Waals surface area contributed by atoms with Crippen LogP contribution >= 0.6 is 0 Å². The molecule has 0 aromatic heterocycles. The summed E-state index contributed by atoms with van der Waals surface area (Å²) in [4.78, 5) is 17.1. The van der Waals surface area contributed by atoms with Gasteiger partial charge in [0.25, 0.3) is 5.69 Å². The fourth-order valence-electron chi connectivity index (χ4n) is 2.24. The van der Waals surface area contributed by atoms with Crippen LogP contribution in [0.1, 0.15) is 25.3 Å². The minimum atomic E-state index is -0.388. The maximum Gasteiger partial charge on any atom is 0.269 e. The van der Waals surface area contributed by atoms with Crippen molar-refractivity contribution in [2.45, 2.75) is 26.3 Å². The van der Waals surface area contributed by atoms with Crippen molar-refractivity contribution in [2.24, 2.45) is 4.99 Å². The van der Waals surface area contributed by atoms with Crippen molar-refractivity contribution in [2.75, 3.05) is 19.6 Å². The number of hydrogen-bond donors (Lipinski definition) is 1. The highest BCUT2D eigenvalue weighted by molar-refractivity contribution is 5.80. The van der Waals surface area contributed by atoms with E-state index < -0.39 is 0 Å². The fourth-order valence-corrected chi connectivity index (χ4v) is 2.24. The molecule has 1 aromatic rings. The highest BCUT2D eigenvalue weighted by Gasteiger charge is 2.15. The van der Waals surface area contributed by atoms with Crippen molar-refractivity contribution >= 4 is 11.6 Å². The van der Waals surface area contributed by atoms with E-state index in [4.69, 9.17) is 0 Å². The molecule has 0 amide bonds. The highest BCUT2D eigenvalue weighted by atomic mass is 16.6. The first-order valence-electron chi connectivity index (χ1n) is 6.97. The standard InChI is InChI=1S/C14H20N4O2/c1-2-15-14(17-9-3-4-10-17)16-11-12-5-7-13(8-6-12)18(19)20/h5-8H,2-4,9-11H2,1H3,(H,15,16). The second-order valence-electron chi connectivity index (χ2n) is 4.79. The third-order valence-electron chi connectivity index (χ3n) is 3.30. The Morgan fingerprint density at radius 1 is 1.35 bits per heavy atom. The quantitative estimate of drug-likeness (QED) is 0.396. The van der Waals surface area contributed by atoms with E-state index in [1.54, 1.807) is 12.1 Å². The van der Waals surface area contributed by atoms with E-state index in [1.165, 1.54) is 25.0 Å². The zero-order valence-corrected chi connectivity index (χ0v) is 11.7. The van der Waals surface area contributed by atoms with Gasteiger partial charge in [0.1, 0.15) is 0 Å². The lowest BCUT2D eigenvalue weighted by Gasteiger charge is -2.20. The second kappa shape index (κ2) is 6.88. The third kappa shape index (κ3) is 3.69. The minimum absolute atomic E-state index is 0.115. The van der Waals surface area contributed by atoms with Crippen LogP contribution in [0, 0.1) is 10.1 Å². The van der Waals surface area contributed by atoms with Crippen molar-refractivity contribution in [3.05, 3.63) is 39.9 Å². The summed E-state index contributed by atoms with van der Waals surface area (Å²) in [5.41, 5.74) is 1.09. The first-order valence-corrected chi connectivity index (χ1v) is 6.97. The SMILES string of the molecule is CCNC(=NCc1ccc([N+](=O)[O-])cc1)N1CCCC1. The van der Waals surface area contributed by atoms with Crippen LogP contribution in [0.25, 0.3) is 0 Å². The molecule has 6 heteroatoms. The molecule has 1 aromatic carbocycles. The van der Waals surface area contributed by atoms with E-state index in [1.807, 2.05) is 0 Å². The van der Waals surface area contributed by atoms with Crippen LogP contribution in [-0.2, 0) is 6.54 Å². The van der Waals surface area contributed by atoms with Crippen molar-refractivity contribution in [3.63, 3.8) is 0 Å². The van der Waals surface area contributed by atoms with Gasteiger partial charge in [-0.05, 0) is 25.3 Å². The van der Waals surface area contributed by atoms with Crippen molar-refractivity contribution in [1.29, 1.82) is 0 Å². The summed E-state index contributed by atoms with van der Waals surface area (Å²) in [5, 5.41) is 13.9. The number of non-ortho nitro benzene ring substituents is 1. The molecule has 6 nitrogen and oxygen atoms in total. The summed E-state index contributed by atoms with van der Waals surface area (Å²) in [6.07, 6.45) is 2.42. The van der Waals surface area contributed by atoms with Crippen molar-refractivity contribution < 1.29 is 4.92 Å². The maximum atomic E-state index is 10.6. The van der Waals surface area contributed by atoms with Crippen LogP contribution in [0.3, 0.4) is 0 Å². The van der Waals surface area contributed by atoms with E-state index in [9.17, 15) is 10.1 Å². The zero-order valence-electron chi connectivity index (χ0n) is 11.7. The number of rotatable bonds is 4. The summed E-state index contributed by atoms with van der Waals surface area (Å²) in [7, 11) is 0. The lowest BCUT2D eigenvalue weighted by molar-refractivity contribution is -0.384. The zero-order chi connectivity index (χ0) is 14.4. The molecule has 1 aliphatic heterocycles. The van der Waals surface area contributed by atoms with E-state index in [-0.39, 0.29) is 10.6 Å². The molecule has 0 radical (unpaired) electrons. The number of hydrogen-bond acceptors (Lipinski definition) is 3. The Morgan fingerprint density at radius 3 is 2.55 bits per heavy atom. The largest absolute Gasteiger partial charge is 0.357 e. The van der Waals surface area contributed by atoms with Gasteiger partial charge in [0, 0.05) is 31.8 Å². The van der Waals surface area contributed by atoms with Gasteiger partial charge in [0.15, 0.2) is 5.96 Å². The molecular weight excluding hydrogens is 256 g/mol. The van der Waals surface area contributed by atoms with Crippen LogP contribution in [0.4, 0.5) is 5.69 Å². The molecule has 1 N–H and O–H groups in total. The number of likely N-dealkylation sites (tertiary alicyclic amines) is 1. The molecule has 0 bridgehead atoms.